The molecule has 0 aromatic heterocycles. The quantitative estimate of drug-likeness (QED) is 0.339. The number of hydrogen-bond acceptors (Lipinski definition) is 5. The smallest absolute Gasteiger partial charge is 0.320 e. The summed E-state index contributed by atoms with van der Waals surface area (Å²) in [5.74, 6) is -3.75. The van der Waals surface area contributed by atoms with Gasteiger partial charge in [0.15, 0.2) is 0 Å². The van der Waals surface area contributed by atoms with Gasteiger partial charge in [-0.15, -0.1) is 0 Å². The van der Waals surface area contributed by atoms with Crippen LogP contribution in [-0.4, -0.2) is 69.3 Å². The lowest BCUT2D eigenvalue weighted by Gasteiger charge is -2.25. The first-order valence-corrected chi connectivity index (χ1v) is 5.49. The molecule has 112 valence electrons. The van der Waals surface area contributed by atoms with Gasteiger partial charge in [0.25, 0.3) is 0 Å². The summed E-state index contributed by atoms with van der Waals surface area (Å²) in [5.41, 5.74) is 5.28. The fourth-order valence-corrected chi connectivity index (χ4v) is 1.57. The molecular weight excluding hydrogens is 260 g/mol. The van der Waals surface area contributed by atoms with Crippen LogP contribution in [0.15, 0.2) is 0 Å². The summed E-state index contributed by atoms with van der Waals surface area (Å²) in [5, 5.41) is 26.3. The molecule has 0 aliphatic rings. The minimum atomic E-state index is -1.26. The molecule has 9 heteroatoms. The molecule has 0 aromatic rings. The van der Waals surface area contributed by atoms with E-state index in [0.717, 1.165) is 4.90 Å². The number of rotatable bonds is 10. The predicted octanol–water partition coefficient (Wildman–Crippen LogP) is -1.78. The van der Waals surface area contributed by atoms with Crippen molar-refractivity contribution in [1.29, 1.82) is 0 Å². The molecule has 0 rings (SSSR count). The first-order chi connectivity index (χ1) is 8.38. The Kier molecular flexibility index (Phi) is 10.6. The van der Waals surface area contributed by atoms with E-state index < -0.39 is 37.0 Å². The Bertz CT molecular complexity index is 292. The number of unbranched alkanes of at least 4 members (excludes halogenated alkanes) is 1. The van der Waals surface area contributed by atoms with Crippen LogP contribution in [0.4, 0.5) is 0 Å². The molecule has 0 radical (unpaired) electrons. The normalized spacial score (nSPS) is 11.7. The van der Waals surface area contributed by atoms with Crippen molar-refractivity contribution < 1.29 is 35.2 Å². The van der Waals surface area contributed by atoms with Crippen LogP contribution in [0.3, 0.4) is 0 Å². The zero-order valence-electron chi connectivity index (χ0n) is 10.4. The molecule has 19 heavy (non-hydrogen) atoms. The van der Waals surface area contributed by atoms with Crippen LogP contribution in [0.25, 0.3) is 0 Å². The highest BCUT2D eigenvalue weighted by molar-refractivity contribution is 5.78. The van der Waals surface area contributed by atoms with Gasteiger partial charge in [0, 0.05) is 0 Å². The number of carboxylic acids is 3. The predicted molar refractivity (Wildman–Crippen MR) is 64.8 cm³/mol. The van der Waals surface area contributed by atoms with Gasteiger partial charge in [-0.3, -0.25) is 19.3 Å². The number of carboxylic acid groups (broad SMARTS) is 3. The van der Waals surface area contributed by atoms with Gasteiger partial charge in [0.05, 0.1) is 13.1 Å². The Balaban J connectivity index is 0. The van der Waals surface area contributed by atoms with E-state index in [1.165, 1.54) is 0 Å². The van der Waals surface area contributed by atoms with Gasteiger partial charge in [-0.25, -0.2) is 0 Å². The second-order valence-corrected chi connectivity index (χ2v) is 3.83. The van der Waals surface area contributed by atoms with Crippen molar-refractivity contribution >= 4 is 17.9 Å². The zero-order chi connectivity index (χ0) is 14.1. The number of carbonyl (C=O) groups is 3. The third-order valence-electron chi connectivity index (χ3n) is 2.33. The van der Waals surface area contributed by atoms with E-state index in [9.17, 15) is 14.4 Å². The molecule has 0 fully saturated rings. The molecule has 0 unspecified atom stereocenters. The number of nitrogens with two attached hydrogens (primary N) is 1. The number of aliphatic carboxylic acids is 3. The van der Waals surface area contributed by atoms with Gasteiger partial charge in [-0.2, -0.15) is 0 Å². The molecular formula is C10H20N2O7. The highest BCUT2D eigenvalue weighted by Crippen LogP contribution is 2.09. The Labute approximate surface area is 109 Å². The Hall–Kier alpha value is -1.71. The highest BCUT2D eigenvalue weighted by atomic mass is 16.4. The molecule has 0 saturated heterocycles. The maximum atomic E-state index is 11.0. The van der Waals surface area contributed by atoms with Crippen LogP contribution < -0.4 is 5.73 Å². The topological polar surface area (TPSA) is 173 Å². The van der Waals surface area contributed by atoms with Crippen LogP contribution >= 0.6 is 0 Å². The van der Waals surface area contributed by atoms with E-state index in [0.29, 0.717) is 19.4 Å². The second-order valence-electron chi connectivity index (χ2n) is 3.83. The van der Waals surface area contributed by atoms with E-state index in [1.807, 2.05) is 0 Å². The average Bonchev–Trinajstić information content (AvgIpc) is 2.21. The minimum Gasteiger partial charge on any atom is -0.480 e. The lowest BCUT2D eigenvalue weighted by molar-refractivity contribution is -0.149. The van der Waals surface area contributed by atoms with Crippen molar-refractivity contribution in [2.45, 2.75) is 25.3 Å². The summed E-state index contributed by atoms with van der Waals surface area (Å²) in [6, 6.07) is -1.12. The maximum absolute atomic E-state index is 11.0. The third kappa shape index (κ3) is 8.94. The summed E-state index contributed by atoms with van der Waals surface area (Å²) >= 11 is 0. The van der Waals surface area contributed by atoms with Crippen molar-refractivity contribution in [3.8, 4) is 0 Å². The van der Waals surface area contributed by atoms with Crippen LogP contribution in [0.1, 0.15) is 19.3 Å². The van der Waals surface area contributed by atoms with E-state index in [-0.39, 0.29) is 11.9 Å². The summed E-state index contributed by atoms with van der Waals surface area (Å²) in [7, 11) is 0. The lowest BCUT2D eigenvalue weighted by Crippen LogP contribution is -2.46. The van der Waals surface area contributed by atoms with Gasteiger partial charge in [0.1, 0.15) is 6.04 Å². The molecule has 0 aliphatic heterocycles. The molecule has 7 N–H and O–H groups in total. The maximum Gasteiger partial charge on any atom is 0.320 e. The fraction of sp³-hybridized carbons (Fsp3) is 0.700. The first kappa shape index (κ1) is 19.6. The molecule has 0 aliphatic carbocycles. The third-order valence-corrected chi connectivity index (χ3v) is 2.33. The summed E-state index contributed by atoms with van der Waals surface area (Å²) in [6.07, 6.45) is 1.29. The van der Waals surface area contributed by atoms with Crippen LogP contribution in [-0.2, 0) is 14.4 Å². The van der Waals surface area contributed by atoms with E-state index in [1.54, 1.807) is 0 Å². The molecule has 0 bridgehead atoms. The zero-order valence-corrected chi connectivity index (χ0v) is 10.4. The van der Waals surface area contributed by atoms with Crippen LogP contribution in [0.5, 0.6) is 0 Å². The Morgan fingerprint density at radius 1 is 1.00 bits per heavy atom. The van der Waals surface area contributed by atoms with E-state index in [4.69, 9.17) is 21.1 Å². The monoisotopic (exact) mass is 280 g/mol. The Morgan fingerprint density at radius 3 is 1.79 bits per heavy atom. The fourth-order valence-electron chi connectivity index (χ4n) is 1.57. The van der Waals surface area contributed by atoms with Crippen LogP contribution in [0, 0.1) is 0 Å². The molecule has 0 spiro atoms. The largest absolute Gasteiger partial charge is 0.480 e. The Morgan fingerprint density at radius 2 is 1.47 bits per heavy atom. The first-order valence-electron chi connectivity index (χ1n) is 5.49. The van der Waals surface area contributed by atoms with Crippen molar-refractivity contribution in [3.63, 3.8) is 0 Å². The molecule has 0 amide bonds. The van der Waals surface area contributed by atoms with Gasteiger partial charge in [0.2, 0.25) is 0 Å². The molecule has 1 atom stereocenters. The average molecular weight is 280 g/mol. The molecule has 0 aromatic carbocycles. The van der Waals surface area contributed by atoms with E-state index in [2.05, 4.69) is 0 Å². The molecule has 9 nitrogen and oxygen atoms in total. The lowest BCUT2D eigenvalue weighted by atomic mass is 10.1. The van der Waals surface area contributed by atoms with Crippen molar-refractivity contribution in [2.24, 2.45) is 5.73 Å². The van der Waals surface area contributed by atoms with Crippen molar-refractivity contribution in [1.82, 2.24) is 4.90 Å². The summed E-state index contributed by atoms with van der Waals surface area (Å²) in [6.45, 7) is -0.831. The SMILES string of the molecule is NCCCC[C@@H](C(=O)O)N(CC(=O)O)CC(=O)O.O. The standard InChI is InChI=1S/C10H18N2O6.H2O/c11-4-2-1-3-7(10(17)18)12(5-8(13)14)6-9(15)16;/h7H,1-6,11H2,(H,13,14)(H,15,16)(H,17,18);1H2/t7-;/m0./s1. The number of nitrogens with zero attached hydrogens (tertiary/aromatic N) is 1. The number of hydrogen-bond donors (Lipinski definition) is 4. The molecule has 0 heterocycles. The van der Waals surface area contributed by atoms with Crippen molar-refractivity contribution in [3.05, 3.63) is 0 Å². The van der Waals surface area contributed by atoms with Crippen LogP contribution in [0.2, 0.25) is 0 Å². The second kappa shape index (κ2) is 10.2. The highest BCUT2D eigenvalue weighted by Gasteiger charge is 2.28. The summed E-state index contributed by atoms with van der Waals surface area (Å²) in [4.78, 5) is 33.2. The van der Waals surface area contributed by atoms with Crippen molar-refractivity contribution in [2.75, 3.05) is 19.6 Å². The summed E-state index contributed by atoms with van der Waals surface area (Å²) < 4.78 is 0. The molecule has 0 saturated carbocycles. The van der Waals surface area contributed by atoms with Gasteiger partial charge in [-0.05, 0) is 19.4 Å². The van der Waals surface area contributed by atoms with Gasteiger partial charge < -0.3 is 26.5 Å². The van der Waals surface area contributed by atoms with Gasteiger partial charge in [-0.1, -0.05) is 6.42 Å². The minimum absolute atomic E-state index is 0. The van der Waals surface area contributed by atoms with E-state index >= 15 is 0 Å². The van der Waals surface area contributed by atoms with Gasteiger partial charge >= 0.3 is 17.9 Å².